The first-order valence-electron chi connectivity index (χ1n) is 6.73. The zero-order valence-corrected chi connectivity index (χ0v) is 12.3. The summed E-state index contributed by atoms with van der Waals surface area (Å²) in [7, 11) is 0. The zero-order chi connectivity index (χ0) is 12.6. The van der Waals surface area contributed by atoms with E-state index in [2.05, 4.69) is 26.2 Å². The molecular formula is C14H21BrN2O. The molecule has 100 valence electrons. The number of piperidine rings is 1. The highest BCUT2D eigenvalue weighted by molar-refractivity contribution is 9.10. The standard InChI is InChI=1S/C14H21BrN2O/c15-14-9-13(5-7-17-14)11-18-8-2-4-12-3-1-6-16-10-12/h5,7,9,12,16H,1-4,6,8,10-11H2/t12-/m0/s1. The molecule has 18 heavy (non-hydrogen) atoms. The van der Waals surface area contributed by atoms with Crippen LogP contribution in [0.1, 0.15) is 31.2 Å². The number of nitrogens with zero attached hydrogens (tertiary/aromatic N) is 1. The van der Waals surface area contributed by atoms with Gasteiger partial charge in [-0.1, -0.05) is 0 Å². The second-order valence-electron chi connectivity index (χ2n) is 4.89. The third-order valence-corrected chi connectivity index (χ3v) is 3.79. The van der Waals surface area contributed by atoms with E-state index in [1.54, 1.807) is 6.20 Å². The summed E-state index contributed by atoms with van der Waals surface area (Å²) in [5, 5.41) is 3.45. The van der Waals surface area contributed by atoms with Gasteiger partial charge in [0.15, 0.2) is 0 Å². The highest BCUT2D eigenvalue weighted by Crippen LogP contribution is 2.16. The molecule has 2 heterocycles. The smallest absolute Gasteiger partial charge is 0.106 e. The predicted molar refractivity (Wildman–Crippen MR) is 76.4 cm³/mol. The van der Waals surface area contributed by atoms with E-state index in [0.717, 1.165) is 17.1 Å². The minimum Gasteiger partial charge on any atom is -0.377 e. The van der Waals surface area contributed by atoms with Crippen molar-refractivity contribution in [3.05, 3.63) is 28.5 Å². The van der Waals surface area contributed by atoms with Crippen LogP contribution < -0.4 is 5.32 Å². The van der Waals surface area contributed by atoms with Gasteiger partial charge in [0.1, 0.15) is 4.60 Å². The Hall–Kier alpha value is -0.450. The number of hydrogen-bond acceptors (Lipinski definition) is 3. The fourth-order valence-electron chi connectivity index (χ4n) is 2.37. The summed E-state index contributed by atoms with van der Waals surface area (Å²) in [6.45, 7) is 3.93. The minimum absolute atomic E-state index is 0.685. The van der Waals surface area contributed by atoms with Crippen molar-refractivity contribution >= 4 is 15.9 Å². The van der Waals surface area contributed by atoms with Crippen molar-refractivity contribution < 1.29 is 4.74 Å². The molecule has 0 bridgehead atoms. The van der Waals surface area contributed by atoms with Gasteiger partial charge in [-0.15, -0.1) is 0 Å². The number of pyridine rings is 1. The molecule has 1 aromatic heterocycles. The Morgan fingerprint density at radius 2 is 2.44 bits per heavy atom. The van der Waals surface area contributed by atoms with E-state index >= 15 is 0 Å². The number of aromatic nitrogens is 1. The van der Waals surface area contributed by atoms with Crippen LogP contribution in [-0.4, -0.2) is 24.7 Å². The van der Waals surface area contributed by atoms with Gasteiger partial charge in [-0.3, -0.25) is 0 Å². The monoisotopic (exact) mass is 312 g/mol. The average Bonchev–Trinajstić information content (AvgIpc) is 2.40. The Balaban J connectivity index is 1.55. The quantitative estimate of drug-likeness (QED) is 0.647. The molecule has 1 aliphatic heterocycles. The van der Waals surface area contributed by atoms with Crippen LogP contribution >= 0.6 is 15.9 Å². The molecule has 0 saturated carbocycles. The van der Waals surface area contributed by atoms with Crippen LogP contribution in [0.4, 0.5) is 0 Å². The summed E-state index contributed by atoms with van der Waals surface area (Å²) in [5.74, 6) is 0.859. The van der Waals surface area contributed by atoms with Crippen LogP contribution in [0.25, 0.3) is 0 Å². The molecule has 0 spiro atoms. The Kier molecular flexibility index (Phi) is 6.11. The van der Waals surface area contributed by atoms with Gasteiger partial charge in [-0.2, -0.15) is 0 Å². The minimum atomic E-state index is 0.685. The van der Waals surface area contributed by atoms with E-state index in [4.69, 9.17) is 4.74 Å². The maximum atomic E-state index is 5.70. The fourth-order valence-corrected chi connectivity index (χ4v) is 2.78. The normalized spacial score (nSPS) is 19.9. The molecule has 0 aromatic carbocycles. The van der Waals surface area contributed by atoms with Gasteiger partial charge in [-0.25, -0.2) is 4.98 Å². The first-order chi connectivity index (χ1) is 8.84. The van der Waals surface area contributed by atoms with Crippen LogP contribution in [0.15, 0.2) is 22.9 Å². The maximum Gasteiger partial charge on any atom is 0.106 e. The topological polar surface area (TPSA) is 34.1 Å². The first kappa shape index (κ1) is 14.0. The second-order valence-corrected chi connectivity index (χ2v) is 5.71. The van der Waals surface area contributed by atoms with Crippen molar-refractivity contribution in [3.63, 3.8) is 0 Å². The zero-order valence-electron chi connectivity index (χ0n) is 10.7. The Labute approximate surface area is 117 Å². The summed E-state index contributed by atoms with van der Waals surface area (Å²) in [6.07, 6.45) is 6.96. The lowest BCUT2D eigenvalue weighted by Crippen LogP contribution is -2.29. The first-order valence-corrected chi connectivity index (χ1v) is 7.53. The van der Waals surface area contributed by atoms with Crippen molar-refractivity contribution in [2.75, 3.05) is 19.7 Å². The molecule has 1 aromatic rings. The summed E-state index contributed by atoms with van der Waals surface area (Å²) >= 11 is 3.36. The second kappa shape index (κ2) is 7.87. The van der Waals surface area contributed by atoms with Gasteiger partial charge in [0.05, 0.1) is 6.61 Å². The average molecular weight is 313 g/mol. The molecule has 0 aliphatic carbocycles. The lowest BCUT2D eigenvalue weighted by Gasteiger charge is -2.22. The van der Waals surface area contributed by atoms with E-state index in [-0.39, 0.29) is 0 Å². The van der Waals surface area contributed by atoms with Gasteiger partial charge in [-0.05, 0) is 78.3 Å². The van der Waals surface area contributed by atoms with Gasteiger partial charge >= 0.3 is 0 Å². The third-order valence-electron chi connectivity index (χ3n) is 3.36. The molecule has 4 heteroatoms. The Bertz CT molecular complexity index is 353. The van der Waals surface area contributed by atoms with Crippen LogP contribution in [0.3, 0.4) is 0 Å². The van der Waals surface area contributed by atoms with Crippen molar-refractivity contribution in [2.45, 2.75) is 32.3 Å². The molecule has 1 aliphatic rings. The number of halogens is 1. The molecule has 0 radical (unpaired) electrons. The van der Waals surface area contributed by atoms with Gasteiger partial charge in [0.2, 0.25) is 0 Å². The number of ether oxygens (including phenoxy) is 1. The van der Waals surface area contributed by atoms with Crippen LogP contribution in [0.5, 0.6) is 0 Å². The summed E-state index contributed by atoms with van der Waals surface area (Å²) in [5.41, 5.74) is 1.18. The van der Waals surface area contributed by atoms with Gasteiger partial charge < -0.3 is 10.1 Å². The summed E-state index contributed by atoms with van der Waals surface area (Å²) < 4.78 is 6.57. The van der Waals surface area contributed by atoms with E-state index in [1.165, 1.54) is 44.3 Å². The maximum absolute atomic E-state index is 5.70. The van der Waals surface area contributed by atoms with Gasteiger partial charge in [0, 0.05) is 12.8 Å². The highest BCUT2D eigenvalue weighted by atomic mass is 79.9. The van der Waals surface area contributed by atoms with E-state index < -0.39 is 0 Å². The van der Waals surface area contributed by atoms with Crippen molar-refractivity contribution in [1.82, 2.24) is 10.3 Å². The van der Waals surface area contributed by atoms with E-state index in [9.17, 15) is 0 Å². The number of hydrogen-bond donors (Lipinski definition) is 1. The fraction of sp³-hybridized carbons (Fsp3) is 0.643. The predicted octanol–water partition coefficient (Wildman–Crippen LogP) is 3.14. The SMILES string of the molecule is Brc1cc(COCCC[C@@H]2CCCNC2)ccn1. The van der Waals surface area contributed by atoms with Crippen molar-refractivity contribution in [1.29, 1.82) is 0 Å². The molecule has 3 nitrogen and oxygen atoms in total. The van der Waals surface area contributed by atoms with Crippen molar-refractivity contribution in [3.8, 4) is 0 Å². The number of nitrogens with one attached hydrogen (secondary N) is 1. The number of rotatable bonds is 6. The molecule has 1 fully saturated rings. The molecular weight excluding hydrogens is 292 g/mol. The Morgan fingerprint density at radius 3 is 3.22 bits per heavy atom. The Morgan fingerprint density at radius 1 is 1.50 bits per heavy atom. The van der Waals surface area contributed by atoms with Crippen molar-refractivity contribution in [2.24, 2.45) is 5.92 Å². The molecule has 2 rings (SSSR count). The molecule has 1 saturated heterocycles. The van der Waals surface area contributed by atoms with Crippen LogP contribution in [0.2, 0.25) is 0 Å². The molecule has 1 atom stereocenters. The molecule has 0 amide bonds. The summed E-state index contributed by atoms with van der Waals surface area (Å²) in [4.78, 5) is 4.10. The van der Waals surface area contributed by atoms with E-state index in [0.29, 0.717) is 6.61 Å². The van der Waals surface area contributed by atoms with Gasteiger partial charge in [0.25, 0.3) is 0 Å². The highest BCUT2D eigenvalue weighted by Gasteiger charge is 2.11. The lowest BCUT2D eigenvalue weighted by atomic mass is 9.95. The third kappa shape index (κ3) is 5.04. The van der Waals surface area contributed by atoms with Crippen LogP contribution in [0, 0.1) is 5.92 Å². The summed E-state index contributed by atoms with van der Waals surface area (Å²) in [6, 6.07) is 4.00. The molecule has 0 unspecified atom stereocenters. The lowest BCUT2D eigenvalue weighted by molar-refractivity contribution is 0.112. The van der Waals surface area contributed by atoms with E-state index in [1.807, 2.05) is 12.1 Å². The van der Waals surface area contributed by atoms with Crippen LogP contribution in [-0.2, 0) is 11.3 Å². The largest absolute Gasteiger partial charge is 0.377 e. The molecule has 1 N–H and O–H groups in total.